The van der Waals surface area contributed by atoms with E-state index in [2.05, 4.69) is 4.90 Å². The lowest BCUT2D eigenvalue weighted by atomic mass is 9.74. The van der Waals surface area contributed by atoms with Gasteiger partial charge in [-0.25, -0.2) is 12.8 Å². The van der Waals surface area contributed by atoms with Crippen LogP contribution in [-0.2, 0) is 10.0 Å². The lowest BCUT2D eigenvalue weighted by Crippen LogP contribution is -2.67. The molecule has 5 rings (SSSR count). The predicted octanol–water partition coefficient (Wildman–Crippen LogP) is 4.41. The minimum absolute atomic E-state index is 0.00809. The summed E-state index contributed by atoms with van der Waals surface area (Å²) in [5.74, 6) is -0.250. The second-order valence-electron chi connectivity index (χ2n) is 9.55. The number of nitrogens with zero attached hydrogens (tertiary/aromatic N) is 2. The molecule has 2 aliphatic heterocycles. The fourth-order valence-corrected chi connectivity index (χ4v) is 7.40. The van der Waals surface area contributed by atoms with E-state index in [-0.39, 0.29) is 30.4 Å². The van der Waals surface area contributed by atoms with Gasteiger partial charge in [-0.05, 0) is 66.8 Å². The molecule has 2 saturated heterocycles. The summed E-state index contributed by atoms with van der Waals surface area (Å²) in [6.07, 6.45) is 1.68. The Labute approximate surface area is 206 Å². The maximum atomic E-state index is 13.7. The predicted molar refractivity (Wildman–Crippen MR) is 135 cm³/mol. The first-order valence-corrected chi connectivity index (χ1v) is 13.6. The summed E-state index contributed by atoms with van der Waals surface area (Å²) in [5, 5.41) is 10.2. The first-order valence-electron chi connectivity index (χ1n) is 12.2. The SMILES string of the molecule is Cc1ccccc1S(=O)(=O)N1CCCCN2[C@@H](CO)[C@H](c3ccc(-c4cccc(F)c4)cc3)[C@@H]2C1. The van der Waals surface area contributed by atoms with Gasteiger partial charge in [0, 0.05) is 31.1 Å². The van der Waals surface area contributed by atoms with E-state index in [1.54, 1.807) is 22.5 Å². The third-order valence-corrected chi connectivity index (χ3v) is 9.52. The van der Waals surface area contributed by atoms with E-state index in [4.69, 9.17) is 0 Å². The topological polar surface area (TPSA) is 60.9 Å². The normalized spacial score (nSPS) is 23.7. The molecule has 2 fully saturated rings. The summed E-state index contributed by atoms with van der Waals surface area (Å²) in [5.41, 5.74) is 3.55. The van der Waals surface area contributed by atoms with Crippen molar-refractivity contribution < 1.29 is 17.9 Å². The fraction of sp³-hybridized carbons (Fsp3) is 0.357. The van der Waals surface area contributed by atoms with Gasteiger partial charge in [0.25, 0.3) is 0 Å². The van der Waals surface area contributed by atoms with Crippen LogP contribution in [0.2, 0.25) is 0 Å². The third kappa shape index (κ3) is 4.54. The van der Waals surface area contributed by atoms with Gasteiger partial charge in [0.05, 0.1) is 11.5 Å². The van der Waals surface area contributed by atoms with Crippen molar-refractivity contribution >= 4 is 10.0 Å². The summed E-state index contributed by atoms with van der Waals surface area (Å²) in [7, 11) is -3.62. The molecular formula is C28H31FN2O3S. The molecule has 3 aromatic carbocycles. The molecule has 5 nitrogen and oxygen atoms in total. The van der Waals surface area contributed by atoms with Crippen LogP contribution in [0.3, 0.4) is 0 Å². The highest BCUT2D eigenvalue weighted by Gasteiger charge is 2.50. The van der Waals surface area contributed by atoms with Crippen molar-refractivity contribution in [2.24, 2.45) is 0 Å². The number of halogens is 1. The number of hydrogen-bond acceptors (Lipinski definition) is 4. The molecule has 0 amide bonds. The minimum Gasteiger partial charge on any atom is -0.395 e. The van der Waals surface area contributed by atoms with Gasteiger partial charge in [-0.2, -0.15) is 4.31 Å². The first kappa shape index (κ1) is 24.1. The van der Waals surface area contributed by atoms with Crippen LogP contribution in [0.5, 0.6) is 0 Å². The molecule has 7 heteroatoms. The lowest BCUT2D eigenvalue weighted by Gasteiger charge is -2.57. The Hall–Kier alpha value is -2.58. The van der Waals surface area contributed by atoms with Crippen molar-refractivity contribution in [2.45, 2.75) is 42.7 Å². The Kier molecular flexibility index (Phi) is 6.77. The molecule has 1 N–H and O–H groups in total. The maximum Gasteiger partial charge on any atom is 0.243 e. The average molecular weight is 495 g/mol. The zero-order valence-electron chi connectivity index (χ0n) is 19.8. The number of aryl methyl sites for hydroxylation is 1. The molecule has 0 unspecified atom stereocenters. The molecule has 2 heterocycles. The van der Waals surface area contributed by atoms with E-state index in [0.29, 0.717) is 18.0 Å². The fourth-order valence-electron chi connectivity index (χ4n) is 5.68. The standard InChI is InChI=1S/C28H31FN2O3S/c1-20-7-2-3-10-27(20)35(33,34)30-15-4-5-16-31-25(18-30)28(26(31)19-32)22-13-11-21(12-14-22)23-8-6-9-24(29)17-23/h2-3,6-14,17,25-26,28,32H,4-5,15-16,18-19H2,1H3/t25-,26-,28+/m0/s1. The van der Waals surface area contributed by atoms with E-state index in [1.165, 1.54) is 12.1 Å². The number of fused-ring (bicyclic) bond motifs is 1. The summed E-state index contributed by atoms with van der Waals surface area (Å²) in [6.45, 7) is 3.60. The second-order valence-corrected chi connectivity index (χ2v) is 11.5. The Morgan fingerprint density at radius 1 is 0.943 bits per heavy atom. The van der Waals surface area contributed by atoms with Crippen LogP contribution in [-0.4, -0.2) is 61.1 Å². The van der Waals surface area contributed by atoms with E-state index in [0.717, 1.165) is 41.6 Å². The molecular weight excluding hydrogens is 463 g/mol. The monoisotopic (exact) mass is 494 g/mol. The van der Waals surface area contributed by atoms with Gasteiger partial charge in [-0.1, -0.05) is 54.6 Å². The molecule has 3 atom stereocenters. The molecule has 3 aromatic rings. The highest BCUT2D eigenvalue weighted by atomic mass is 32.2. The largest absolute Gasteiger partial charge is 0.395 e. The van der Waals surface area contributed by atoms with Crippen molar-refractivity contribution in [1.29, 1.82) is 0 Å². The van der Waals surface area contributed by atoms with Crippen molar-refractivity contribution in [3.8, 4) is 11.1 Å². The Balaban J connectivity index is 1.43. The molecule has 0 spiro atoms. The van der Waals surface area contributed by atoms with Gasteiger partial charge >= 0.3 is 0 Å². The van der Waals surface area contributed by atoms with Crippen LogP contribution in [0.25, 0.3) is 11.1 Å². The Bertz CT molecular complexity index is 1300. The number of aliphatic hydroxyl groups excluding tert-OH is 1. The number of benzene rings is 3. The van der Waals surface area contributed by atoms with Crippen LogP contribution < -0.4 is 0 Å². The quantitative estimate of drug-likeness (QED) is 0.571. The molecule has 0 saturated carbocycles. The van der Waals surface area contributed by atoms with E-state index in [1.807, 2.05) is 49.4 Å². The number of rotatable bonds is 5. The highest BCUT2D eigenvalue weighted by molar-refractivity contribution is 7.89. The van der Waals surface area contributed by atoms with Gasteiger partial charge in [0.2, 0.25) is 10.0 Å². The number of aliphatic hydroxyl groups is 1. The van der Waals surface area contributed by atoms with Crippen LogP contribution >= 0.6 is 0 Å². The third-order valence-electron chi connectivity index (χ3n) is 7.50. The van der Waals surface area contributed by atoms with E-state index in [9.17, 15) is 17.9 Å². The maximum absolute atomic E-state index is 13.7. The average Bonchev–Trinajstić information content (AvgIpc) is 2.83. The highest BCUT2D eigenvalue weighted by Crippen LogP contribution is 2.43. The lowest BCUT2D eigenvalue weighted by molar-refractivity contribution is -0.0553. The first-order chi connectivity index (χ1) is 16.9. The summed E-state index contributed by atoms with van der Waals surface area (Å²) < 4.78 is 42.5. The minimum atomic E-state index is -3.62. The van der Waals surface area contributed by atoms with Crippen LogP contribution in [0.1, 0.15) is 29.9 Å². The van der Waals surface area contributed by atoms with E-state index >= 15 is 0 Å². The van der Waals surface area contributed by atoms with Crippen molar-refractivity contribution in [1.82, 2.24) is 9.21 Å². The Morgan fingerprint density at radius 2 is 1.69 bits per heavy atom. The van der Waals surface area contributed by atoms with Gasteiger partial charge < -0.3 is 5.11 Å². The van der Waals surface area contributed by atoms with Gasteiger partial charge in [0.1, 0.15) is 5.82 Å². The molecule has 2 aliphatic rings. The number of hydrogen-bond donors (Lipinski definition) is 1. The Morgan fingerprint density at radius 3 is 2.40 bits per heavy atom. The smallest absolute Gasteiger partial charge is 0.243 e. The zero-order valence-corrected chi connectivity index (χ0v) is 20.7. The summed E-state index contributed by atoms with van der Waals surface area (Å²) >= 11 is 0. The molecule has 184 valence electrons. The van der Waals surface area contributed by atoms with Gasteiger partial charge in [0.15, 0.2) is 0 Å². The number of sulfonamides is 1. The van der Waals surface area contributed by atoms with Crippen LogP contribution in [0, 0.1) is 12.7 Å². The molecule has 0 aromatic heterocycles. The molecule has 0 radical (unpaired) electrons. The van der Waals surface area contributed by atoms with Crippen molar-refractivity contribution in [3.05, 3.63) is 89.7 Å². The molecule has 0 bridgehead atoms. The van der Waals surface area contributed by atoms with Crippen molar-refractivity contribution in [3.63, 3.8) is 0 Å². The summed E-state index contributed by atoms with van der Waals surface area (Å²) in [4.78, 5) is 2.63. The van der Waals surface area contributed by atoms with Crippen LogP contribution in [0.15, 0.2) is 77.7 Å². The summed E-state index contributed by atoms with van der Waals surface area (Å²) in [6, 6.07) is 21.6. The van der Waals surface area contributed by atoms with Gasteiger partial charge in [-0.15, -0.1) is 0 Å². The molecule has 35 heavy (non-hydrogen) atoms. The second kappa shape index (κ2) is 9.82. The van der Waals surface area contributed by atoms with Crippen molar-refractivity contribution in [2.75, 3.05) is 26.2 Å². The van der Waals surface area contributed by atoms with Crippen LogP contribution in [0.4, 0.5) is 4.39 Å². The molecule has 0 aliphatic carbocycles. The zero-order chi connectivity index (χ0) is 24.6. The van der Waals surface area contributed by atoms with Gasteiger partial charge in [-0.3, -0.25) is 4.90 Å². The van der Waals surface area contributed by atoms with E-state index < -0.39 is 10.0 Å².